The van der Waals surface area contributed by atoms with Crippen LogP contribution in [0.5, 0.6) is 0 Å². The lowest BCUT2D eigenvalue weighted by Crippen LogP contribution is -2.33. The first kappa shape index (κ1) is 21.1. The van der Waals surface area contributed by atoms with Gasteiger partial charge in [0, 0.05) is 16.0 Å². The molecule has 2 aromatic rings. The largest absolute Gasteiger partial charge is 0.511 e. The highest BCUT2D eigenvalue weighted by atomic mass is 35.5. The number of fused-ring (bicyclic) bond motifs is 5. The van der Waals surface area contributed by atoms with Gasteiger partial charge >= 0.3 is 0 Å². The molecule has 2 heterocycles. The predicted molar refractivity (Wildman–Crippen MR) is 124 cm³/mol. The molecular formula is C26H26Cl2O3. The van der Waals surface area contributed by atoms with E-state index in [9.17, 15) is 9.90 Å². The minimum absolute atomic E-state index is 0.0332. The average Bonchev–Trinajstić information content (AvgIpc) is 3.38. The Bertz CT molecular complexity index is 1070. The fraction of sp³-hybridized carbons (Fsp3) is 0.423. The number of rotatable bonds is 4. The summed E-state index contributed by atoms with van der Waals surface area (Å²) in [6.07, 6.45) is 1.94. The lowest BCUT2D eigenvalue weighted by molar-refractivity contribution is -0.118. The Balaban J connectivity index is 1.60. The van der Waals surface area contributed by atoms with Crippen LogP contribution in [0.1, 0.15) is 54.0 Å². The van der Waals surface area contributed by atoms with Gasteiger partial charge in [-0.2, -0.15) is 0 Å². The number of ketones is 1. The van der Waals surface area contributed by atoms with Crippen molar-refractivity contribution in [2.24, 2.45) is 11.8 Å². The first-order chi connectivity index (χ1) is 14.8. The fourth-order valence-electron chi connectivity index (χ4n) is 6.04. The Labute approximate surface area is 193 Å². The Morgan fingerprint density at radius 2 is 1.61 bits per heavy atom. The topological polar surface area (TPSA) is 46.5 Å². The van der Waals surface area contributed by atoms with Gasteiger partial charge in [0.2, 0.25) is 0 Å². The number of carbonyl (C=O) groups excluding carboxylic acids is 1. The number of halogens is 2. The molecule has 2 unspecified atom stereocenters. The summed E-state index contributed by atoms with van der Waals surface area (Å²) in [5.74, 6) is -0.313. The van der Waals surface area contributed by atoms with Crippen molar-refractivity contribution in [1.29, 1.82) is 0 Å². The normalized spacial score (nSPS) is 29.2. The fourth-order valence-corrected chi connectivity index (χ4v) is 6.59. The Morgan fingerprint density at radius 3 is 2.19 bits per heavy atom. The number of benzene rings is 2. The molecule has 2 bridgehead atoms. The Kier molecular flexibility index (Phi) is 5.20. The van der Waals surface area contributed by atoms with Gasteiger partial charge in [0.25, 0.3) is 0 Å². The van der Waals surface area contributed by atoms with Crippen molar-refractivity contribution >= 4 is 34.6 Å². The number of aliphatic hydroxyl groups is 1. The number of allylic oxidation sites excluding steroid dienone is 1. The van der Waals surface area contributed by atoms with E-state index in [4.69, 9.17) is 27.9 Å². The van der Waals surface area contributed by atoms with E-state index in [1.807, 2.05) is 12.1 Å². The predicted octanol–water partition coefficient (Wildman–Crippen LogP) is 6.47. The number of hydrogen-bond acceptors (Lipinski definition) is 3. The molecule has 3 nitrogen and oxygen atoms in total. The molecule has 2 saturated heterocycles. The maximum Gasteiger partial charge on any atom is 0.173 e. The highest BCUT2D eigenvalue weighted by Gasteiger charge is 2.62. The first-order valence-electron chi connectivity index (χ1n) is 11.1. The van der Waals surface area contributed by atoms with Gasteiger partial charge in [-0.25, -0.2) is 0 Å². The molecule has 1 aliphatic carbocycles. The summed E-state index contributed by atoms with van der Waals surface area (Å²) in [5.41, 5.74) is 5.90. The smallest absolute Gasteiger partial charge is 0.173 e. The number of Topliss-reactive ketones (excluding diaryl/α,β-unsaturated/α-hetero) is 1. The number of ether oxygens (including phenoxy) is 1. The van der Waals surface area contributed by atoms with E-state index >= 15 is 0 Å². The van der Waals surface area contributed by atoms with Gasteiger partial charge in [-0.05, 0) is 66.6 Å². The summed E-state index contributed by atoms with van der Waals surface area (Å²) in [6, 6.07) is 9.82. The summed E-state index contributed by atoms with van der Waals surface area (Å²) < 4.78 is 6.24. The molecule has 5 rings (SSSR count). The second-order valence-electron chi connectivity index (χ2n) is 9.03. The maximum atomic E-state index is 13.6. The van der Waals surface area contributed by atoms with Gasteiger partial charge in [-0.3, -0.25) is 4.79 Å². The molecule has 2 fully saturated rings. The number of aliphatic hydroxyl groups excluding tert-OH is 1. The molecule has 31 heavy (non-hydrogen) atoms. The van der Waals surface area contributed by atoms with Crippen LogP contribution in [0, 0.1) is 18.8 Å². The first-order valence-corrected chi connectivity index (χ1v) is 11.8. The molecule has 0 aromatic heterocycles. The van der Waals surface area contributed by atoms with Crippen molar-refractivity contribution in [3.63, 3.8) is 0 Å². The molecule has 0 spiro atoms. The summed E-state index contributed by atoms with van der Waals surface area (Å²) >= 11 is 12.5. The molecule has 5 heteroatoms. The number of carbonyl (C=O) groups is 1. The van der Waals surface area contributed by atoms with E-state index in [0.717, 1.165) is 41.5 Å². The zero-order valence-corrected chi connectivity index (χ0v) is 19.4. The lowest BCUT2D eigenvalue weighted by Gasteiger charge is -2.28. The summed E-state index contributed by atoms with van der Waals surface area (Å²) in [6.45, 7) is 6.28. The Hall–Kier alpha value is -1.81. The highest BCUT2D eigenvalue weighted by molar-refractivity contribution is 6.34. The van der Waals surface area contributed by atoms with Crippen molar-refractivity contribution in [2.75, 3.05) is 0 Å². The molecule has 162 valence electrons. The van der Waals surface area contributed by atoms with Crippen LogP contribution in [-0.2, 0) is 22.4 Å². The van der Waals surface area contributed by atoms with E-state index < -0.39 is 0 Å². The van der Waals surface area contributed by atoms with Crippen molar-refractivity contribution in [3.8, 4) is 0 Å². The van der Waals surface area contributed by atoms with Crippen LogP contribution in [0.2, 0.25) is 10.0 Å². The van der Waals surface area contributed by atoms with Crippen LogP contribution in [0.25, 0.3) is 5.57 Å². The quantitative estimate of drug-likeness (QED) is 0.573. The third kappa shape index (κ3) is 3.16. The van der Waals surface area contributed by atoms with Crippen molar-refractivity contribution in [3.05, 3.63) is 74.0 Å². The molecule has 2 aliphatic heterocycles. The van der Waals surface area contributed by atoms with Gasteiger partial charge in [-0.15, -0.1) is 0 Å². The minimum atomic E-state index is -0.306. The standard InChI is InChI=1S/C26H26Cl2O3/c1-4-13-6-12(3)7-14(5-2)20(13)22-24(29)21-19-11-18(26(31-19)23(21)25(22)30)15-8-16(27)10-17(28)9-15/h6-10,18-19,21,23,26,30H,4-5,11H2,1-3H3/t18-,19?,21-,23+,26?/m0/s1. The molecule has 0 radical (unpaired) electrons. The molecule has 5 atom stereocenters. The van der Waals surface area contributed by atoms with Crippen LogP contribution < -0.4 is 0 Å². The van der Waals surface area contributed by atoms with Gasteiger partial charge in [0.15, 0.2) is 5.78 Å². The minimum Gasteiger partial charge on any atom is -0.511 e. The zero-order chi connectivity index (χ0) is 22.0. The molecule has 0 amide bonds. The number of aryl methyl sites for hydroxylation is 3. The van der Waals surface area contributed by atoms with E-state index in [2.05, 4.69) is 32.9 Å². The van der Waals surface area contributed by atoms with Gasteiger partial charge in [0.05, 0.1) is 29.6 Å². The second kappa shape index (κ2) is 7.65. The lowest BCUT2D eigenvalue weighted by atomic mass is 9.72. The third-order valence-corrected chi connectivity index (χ3v) is 7.68. The van der Waals surface area contributed by atoms with Crippen molar-refractivity contribution < 1.29 is 14.6 Å². The summed E-state index contributed by atoms with van der Waals surface area (Å²) in [4.78, 5) is 13.6. The zero-order valence-electron chi connectivity index (χ0n) is 17.9. The summed E-state index contributed by atoms with van der Waals surface area (Å²) in [7, 11) is 0. The summed E-state index contributed by atoms with van der Waals surface area (Å²) in [5, 5.41) is 12.6. The van der Waals surface area contributed by atoms with Crippen molar-refractivity contribution in [1.82, 2.24) is 0 Å². The molecule has 2 aromatic carbocycles. The highest BCUT2D eigenvalue weighted by Crippen LogP contribution is 2.58. The van der Waals surface area contributed by atoms with E-state index in [-0.39, 0.29) is 41.5 Å². The van der Waals surface area contributed by atoms with Crippen LogP contribution in [0.15, 0.2) is 36.1 Å². The van der Waals surface area contributed by atoms with Crippen LogP contribution >= 0.6 is 23.2 Å². The Morgan fingerprint density at radius 1 is 1.00 bits per heavy atom. The molecule has 3 aliphatic rings. The van der Waals surface area contributed by atoms with E-state index in [1.165, 1.54) is 5.56 Å². The second-order valence-corrected chi connectivity index (χ2v) is 9.90. The molecule has 1 N–H and O–H groups in total. The van der Waals surface area contributed by atoms with Gasteiger partial charge < -0.3 is 9.84 Å². The average molecular weight is 457 g/mol. The SMILES string of the molecule is CCc1cc(C)cc(CC)c1C1=C(O)[C@@H]2C3OC(C[C@H]3c3cc(Cl)cc(Cl)c3)[C@@H]2C1=O. The molecular weight excluding hydrogens is 431 g/mol. The van der Waals surface area contributed by atoms with E-state index in [0.29, 0.717) is 15.6 Å². The van der Waals surface area contributed by atoms with E-state index in [1.54, 1.807) is 6.07 Å². The van der Waals surface area contributed by atoms with Crippen LogP contribution in [-0.4, -0.2) is 23.1 Å². The van der Waals surface area contributed by atoms with Crippen molar-refractivity contribution in [2.45, 2.75) is 58.2 Å². The molecule has 0 saturated carbocycles. The van der Waals surface area contributed by atoms with Crippen LogP contribution in [0.4, 0.5) is 0 Å². The maximum absolute atomic E-state index is 13.6. The number of hydrogen-bond donors (Lipinski definition) is 1. The van der Waals surface area contributed by atoms with Gasteiger partial charge in [-0.1, -0.05) is 54.7 Å². The third-order valence-electron chi connectivity index (χ3n) is 7.25. The van der Waals surface area contributed by atoms with Crippen LogP contribution in [0.3, 0.4) is 0 Å². The van der Waals surface area contributed by atoms with Gasteiger partial charge in [0.1, 0.15) is 5.76 Å². The monoisotopic (exact) mass is 456 g/mol.